The summed E-state index contributed by atoms with van der Waals surface area (Å²) in [5.41, 5.74) is 0. The zero-order chi connectivity index (χ0) is 13.9. The monoisotopic (exact) mass is 338 g/mol. The predicted octanol–water partition coefficient (Wildman–Crippen LogP) is 3.01. The van der Waals surface area contributed by atoms with Crippen LogP contribution < -0.4 is 4.74 Å². The second-order valence-corrected chi connectivity index (χ2v) is 6.44. The van der Waals surface area contributed by atoms with Crippen molar-refractivity contribution in [1.82, 2.24) is 9.88 Å². The lowest BCUT2D eigenvalue weighted by Gasteiger charge is -2.20. The summed E-state index contributed by atoms with van der Waals surface area (Å²) in [6, 6.07) is 3.78. The number of hydrogen-bond donors (Lipinski definition) is 0. The van der Waals surface area contributed by atoms with Crippen molar-refractivity contribution in [2.75, 3.05) is 13.1 Å². The van der Waals surface area contributed by atoms with Crippen LogP contribution in [0.4, 0.5) is 0 Å². The molecule has 0 bridgehead atoms. The van der Waals surface area contributed by atoms with Crippen molar-refractivity contribution in [3.63, 3.8) is 0 Å². The van der Waals surface area contributed by atoms with Crippen LogP contribution in [0.1, 0.15) is 32.1 Å². The number of amides is 1. The Morgan fingerprint density at radius 2 is 2.15 bits per heavy atom. The Morgan fingerprint density at radius 3 is 2.90 bits per heavy atom. The van der Waals surface area contributed by atoms with Crippen molar-refractivity contribution >= 4 is 21.8 Å². The maximum absolute atomic E-state index is 12.4. The molecule has 5 heteroatoms. The third-order valence-electron chi connectivity index (χ3n) is 4.16. The standard InChI is InChI=1S/C15H19BrN2O2/c16-13-6-3-8-17-14(13)20-12-7-9-18(10-12)15(19)11-4-1-2-5-11/h3,6,8,11-12H,1-2,4-5,7,9-10H2. The van der Waals surface area contributed by atoms with E-state index in [0.29, 0.717) is 18.3 Å². The summed E-state index contributed by atoms with van der Waals surface area (Å²) >= 11 is 3.43. The third-order valence-corrected chi connectivity index (χ3v) is 4.77. The van der Waals surface area contributed by atoms with Crippen LogP contribution in [-0.2, 0) is 4.79 Å². The number of likely N-dealkylation sites (tertiary alicyclic amines) is 1. The first-order valence-corrected chi connectivity index (χ1v) is 8.09. The van der Waals surface area contributed by atoms with E-state index in [1.807, 2.05) is 17.0 Å². The summed E-state index contributed by atoms with van der Waals surface area (Å²) in [7, 11) is 0. The number of pyridine rings is 1. The second kappa shape index (κ2) is 6.12. The van der Waals surface area contributed by atoms with Crippen molar-refractivity contribution < 1.29 is 9.53 Å². The quantitative estimate of drug-likeness (QED) is 0.850. The number of halogens is 1. The Balaban J connectivity index is 1.57. The Hall–Kier alpha value is -1.10. The summed E-state index contributed by atoms with van der Waals surface area (Å²) in [5, 5.41) is 0. The largest absolute Gasteiger partial charge is 0.472 e. The van der Waals surface area contributed by atoms with Gasteiger partial charge >= 0.3 is 0 Å². The number of hydrogen-bond acceptors (Lipinski definition) is 3. The van der Waals surface area contributed by atoms with Gasteiger partial charge < -0.3 is 9.64 Å². The van der Waals surface area contributed by atoms with Gasteiger partial charge in [-0.1, -0.05) is 12.8 Å². The van der Waals surface area contributed by atoms with Crippen molar-refractivity contribution in [1.29, 1.82) is 0 Å². The fraction of sp³-hybridized carbons (Fsp3) is 0.600. The third kappa shape index (κ3) is 2.97. The van der Waals surface area contributed by atoms with Crippen molar-refractivity contribution in [3.8, 4) is 5.88 Å². The zero-order valence-corrected chi connectivity index (χ0v) is 13.0. The highest BCUT2D eigenvalue weighted by molar-refractivity contribution is 9.10. The zero-order valence-electron chi connectivity index (χ0n) is 11.4. The molecule has 0 N–H and O–H groups in total. The van der Waals surface area contributed by atoms with Crippen LogP contribution in [0.5, 0.6) is 5.88 Å². The molecule has 1 aromatic rings. The summed E-state index contributed by atoms with van der Waals surface area (Å²) in [6.45, 7) is 1.50. The van der Waals surface area contributed by atoms with Gasteiger partial charge in [0, 0.05) is 25.1 Å². The fourth-order valence-electron chi connectivity index (χ4n) is 3.07. The van der Waals surface area contributed by atoms with Crippen LogP contribution in [-0.4, -0.2) is 35.0 Å². The summed E-state index contributed by atoms with van der Waals surface area (Å²) < 4.78 is 6.76. The molecule has 2 fully saturated rings. The summed E-state index contributed by atoms with van der Waals surface area (Å²) in [5.74, 6) is 1.21. The van der Waals surface area contributed by atoms with Crippen LogP contribution in [0, 0.1) is 5.92 Å². The molecule has 1 amide bonds. The van der Waals surface area contributed by atoms with E-state index in [-0.39, 0.29) is 12.0 Å². The van der Waals surface area contributed by atoms with Crippen LogP contribution in [0.25, 0.3) is 0 Å². The molecule has 20 heavy (non-hydrogen) atoms. The molecule has 1 saturated heterocycles. The Bertz CT molecular complexity index is 489. The van der Waals surface area contributed by atoms with Crippen molar-refractivity contribution in [2.24, 2.45) is 5.92 Å². The first-order chi connectivity index (χ1) is 9.74. The highest BCUT2D eigenvalue weighted by atomic mass is 79.9. The Labute approximate surface area is 127 Å². The molecule has 1 unspecified atom stereocenters. The van der Waals surface area contributed by atoms with E-state index in [4.69, 9.17) is 4.74 Å². The molecule has 1 aromatic heterocycles. The molecule has 4 nitrogen and oxygen atoms in total. The highest BCUT2D eigenvalue weighted by Crippen LogP contribution is 2.29. The smallest absolute Gasteiger partial charge is 0.228 e. The fourth-order valence-corrected chi connectivity index (χ4v) is 3.42. The van der Waals surface area contributed by atoms with Crippen molar-refractivity contribution in [3.05, 3.63) is 22.8 Å². The number of rotatable bonds is 3. The minimum atomic E-state index is 0.0616. The molecule has 2 aliphatic rings. The Kier molecular flexibility index (Phi) is 4.24. The maximum Gasteiger partial charge on any atom is 0.228 e. The van der Waals surface area contributed by atoms with Gasteiger partial charge in [0.05, 0.1) is 11.0 Å². The first kappa shape index (κ1) is 13.9. The van der Waals surface area contributed by atoms with Gasteiger partial charge in [0.1, 0.15) is 6.10 Å². The number of nitrogens with zero attached hydrogens (tertiary/aromatic N) is 2. The minimum absolute atomic E-state index is 0.0616. The predicted molar refractivity (Wildman–Crippen MR) is 79.5 cm³/mol. The van der Waals surface area contributed by atoms with Gasteiger partial charge in [-0.05, 0) is 40.9 Å². The van der Waals surface area contributed by atoms with Crippen LogP contribution in [0.15, 0.2) is 22.8 Å². The molecule has 0 spiro atoms. The van der Waals surface area contributed by atoms with E-state index in [0.717, 1.165) is 30.3 Å². The molecular weight excluding hydrogens is 320 g/mol. The normalized spacial score (nSPS) is 23.2. The Morgan fingerprint density at radius 1 is 1.35 bits per heavy atom. The maximum atomic E-state index is 12.4. The van der Waals surface area contributed by atoms with Gasteiger partial charge in [-0.2, -0.15) is 0 Å². The molecule has 0 radical (unpaired) electrons. The SMILES string of the molecule is O=C(C1CCCC1)N1CCC(Oc2ncccc2Br)C1. The van der Waals surface area contributed by atoms with Gasteiger partial charge in [0.2, 0.25) is 11.8 Å². The van der Waals surface area contributed by atoms with Crippen molar-refractivity contribution in [2.45, 2.75) is 38.2 Å². The molecule has 3 rings (SSSR count). The van der Waals surface area contributed by atoms with E-state index in [1.165, 1.54) is 12.8 Å². The molecule has 1 aliphatic carbocycles. The highest BCUT2D eigenvalue weighted by Gasteiger charge is 2.33. The summed E-state index contributed by atoms with van der Waals surface area (Å²) in [6.07, 6.45) is 7.19. The van der Waals surface area contributed by atoms with E-state index in [9.17, 15) is 4.79 Å². The average molecular weight is 339 g/mol. The van der Waals surface area contributed by atoms with Crippen LogP contribution in [0.3, 0.4) is 0 Å². The topological polar surface area (TPSA) is 42.4 Å². The lowest BCUT2D eigenvalue weighted by atomic mass is 10.1. The molecular formula is C15H19BrN2O2. The lowest BCUT2D eigenvalue weighted by molar-refractivity contribution is -0.134. The van der Waals surface area contributed by atoms with Gasteiger partial charge in [-0.25, -0.2) is 4.98 Å². The van der Waals surface area contributed by atoms with Crippen LogP contribution >= 0.6 is 15.9 Å². The second-order valence-electron chi connectivity index (χ2n) is 5.58. The first-order valence-electron chi connectivity index (χ1n) is 7.30. The van der Waals surface area contributed by atoms with Gasteiger partial charge in [0.15, 0.2) is 0 Å². The molecule has 1 saturated carbocycles. The van der Waals surface area contributed by atoms with E-state index < -0.39 is 0 Å². The van der Waals surface area contributed by atoms with E-state index in [2.05, 4.69) is 20.9 Å². The molecule has 0 aromatic carbocycles. The van der Waals surface area contributed by atoms with E-state index in [1.54, 1.807) is 6.20 Å². The van der Waals surface area contributed by atoms with Gasteiger partial charge in [0.25, 0.3) is 0 Å². The number of ether oxygens (including phenoxy) is 1. The minimum Gasteiger partial charge on any atom is -0.472 e. The lowest BCUT2D eigenvalue weighted by Crippen LogP contribution is -2.34. The molecule has 1 aliphatic heterocycles. The number of carbonyl (C=O) groups is 1. The average Bonchev–Trinajstić information content (AvgIpc) is 3.12. The van der Waals surface area contributed by atoms with Gasteiger partial charge in [-0.15, -0.1) is 0 Å². The van der Waals surface area contributed by atoms with E-state index >= 15 is 0 Å². The number of aromatic nitrogens is 1. The van der Waals surface area contributed by atoms with Gasteiger partial charge in [-0.3, -0.25) is 4.79 Å². The molecule has 108 valence electrons. The molecule has 2 heterocycles. The molecule has 1 atom stereocenters. The number of carbonyl (C=O) groups excluding carboxylic acids is 1. The summed E-state index contributed by atoms with van der Waals surface area (Å²) in [4.78, 5) is 18.5. The van der Waals surface area contributed by atoms with Crippen LogP contribution in [0.2, 0.25) is 0 Å².